The van der Waals surface area contributed by atoms with Crippen molar-refractivity contribution in [3.05, 3.63) is 0 Å². The van der Waals surface area contributed by atoms with Crippen LogP contribution in [0.15, 0.2) is 0 Å². The molecule has 0 heterocycles. The minimum atomic E-state index is -0.762. The van der Waals surface area contributed by atoms with Crippen LogP contribution in [-0.2, 0) is 28.6 Å². The van der Waals surface area contributed by atoms with E-state index >= 15 is 0 Å². The third kappa shape index (κ3) is 55.2. The Balaban J connectivity index is 4.29. The average molecular weight is 948 g/mol. The summed E-state index contributed by atoms with van der Waals surface area (Å²) in [6.07, 6.45) is 60.9. The van der Waals surface area contributed by atoms with Crippen LogP contribution in [0.4, 0.5) is 0 Å². The molecule has 0 aromatic carbocycles. The number of unbranched alkanes of at least 4 members (excludes halogenated alkanes) is 43. The number of hydrogen-bond acceptors (Lipinski definition) is 6. The minimum Gasteiger partial charge on any atom is -0.462 e. The van der Waals surface area contributed by atoms with Gasteiger partial charge in [-0.15, -0.1) is 0 Å². The van der Waals surface area contributed by atoms with E-state index in [0.29, 0.717) is 19.3 Å². The van der Waals surface area contributed by atoms with Gasteiger partial charge in [-0.25, -0.2) is 0 Å². The van der Waals surface area contributed by atoms with E-state index in [1.807, 2.05) is 0 Å². The van der Waals surface area contributed by atoms with Gasteiger partial charge in [0.1, 0.15) is 13.2 Å². The van der Waals surface area contributed by atoms with E-state index in [-0.39, 0.29) is 31.1 Å². The molecule has 1 atom stereocenters. The zero-order chi connectivity index (χ0) is 48.8. The predicted octanol–water partition coefficient (Wildman–Crippen LogP) is 20.2. The summed E-state index contributed by atoms with van der Waals surface area (Å²) in [7, 11) is 0. The Morgan fingerprint density at radius 2 is 0.493 bits per heavy atom. The fraction of sp³-hybridized carbons (Fsp3) is 0.951. The molecule has 0 rings (SSSR count). The summed E-state index contributed by atoms with van der Waals surface area (Å²) in [5.74, 6) is 0.0140. The standard InChI is InChI=1S/C61H118O6/c1-5-7-9-11-13-15-17-19-21-22-24-28-32-36-40-44-48-52-59(62)65-55-58(67-61(64)54-50-46-42-38-34-30-23-20-18-16-14-12-10-8-6-2)56-66-60(63)53-49-45-41-37-33-29-26-25-27-31-35-39-43-47-51-57(3)4/h57-58H,5-56H2,1-4H3/t58-/m0/s1. The molecule has 0 aliphatic heterocycles. The van der Waals surface area contributed by atoms with E-state index in [9.17, 15) is 14.4 Å². The highest BCUT2D eigenvalue weighted by Gasteiger charge is 2.19. The van der Waals surface area contributed by atoms with Crippen LogP contribution in [0.3, 0.4) is 0 Å². The molecule has 0 aliphatic carbocycles. The SMILES string of the molecule is CCCCCCCCCCCCCCCCCCCC(=O)OC[C@@H](COC(=O)CCCCCCCCCCCCCCCCC(C)C)OC(=O)CCCCCCCCCCCCCCCCC. The lowest BCUT2D eigenvalue weighted by Crippen LogP contribution is -2.30. The summed E-state index contributed by atoms with van der Waals surface area (Å²) in [5, 5.41) is 0. The Morgan fingerprint density at radius 3 is 0.731 bits per heavy atom. The number of carbonyl (C=O) groups excluding carboxylic acids is 3. The summed E-state index contributed by atoms with van der Waals surface area (Å²) in [6, 6.07) is 0. The lowest BCUT2D eigenvalue weighted by atomic mass is 10.0. The molecule has 0 fully saturated rings. The first-order chi connectivity index (χ1) is 32.9. The van der Waals surface area contributed by atoms with Crippen molar-refractivity contribution in [1.29, 1.82) is 0 Å². The second-order valence-corrected chi connectivity index (χ2v) is 21.5. The maximum absolute atomic E-state index is 12.9. The fourth-order valence-corrected chi connectivity index (χ4v) is 9.46. The van der Waals surface area contributed by atoms with Gasteiger partial charge in [0.05, 0.1) is 0 Å². The van der Waals surface area contributed by atoms with Gasteiger partial charge in [-0.2, -0.15) is 0 Å². The van der Waals surface area contributed by atoms with Crippen molar-refractivity contribution in [2.45, 2.75) is 355 Å². The van der Waals surface area contributed by atoms with Crippen molar-refractivity contribution in [2.24, 2.45) is 5.92 Å². The van der Waals surface area contributed by atoms with Gasteiger partial charge in [0.2, 0.25) is 0 Å². The van der Waals surface area contributed by atoms with Gasteiger partial charge in [-0.1, -0.05) is 310 Å². The monoisotopic (exact) mass is 947 g/mol. The van der Waals surface area contributed by atoms with Crippen LogP contribution in [0.5, 0.6) is 0 Å². The van der Waals surface area contributed by atoms with Crippen LogP contribution in [0.2, 0.25) is 0 Å². The zero-order valence-corrected chi connectivity index (χ0v) is 45.9. The molecule has 6 heteroatoms. The van der Waals surface area contributed by atoms with E-state index in [1.54, 1.807) is 0 Å². The molecule has 0 unspecified atom stereocenters. The quantitative estimate of drug-likeness (QED) is 0.0343. The lowest BCUT2D eigenvalue weighted by Gasteiger charge is -2.18. The Kier molecular flexibility index (Phi) is 54.0. The van der Waals surface area contributed by atoms with Crippen LogP contribution in [0.1, 0.15) is 349 Å². The molecule has 0 amide bonds. The van der Waals surface area contributed by atoms with Crippen molar-refractivity contribution >= 4 is 17.9 Å². The maximum atomic E-state index is 12.9. The minimum absolute atomic E-state index is 0.0614. The lowest BCUT2D eigenvalue weighted by molar-refractivity contribution is -0.167. The number of esters is 3. The summed E-state index contributed by atoms with van der Waals surface area (Å²) in [4.78, 5) is 38.2. The molecule has 0 saturated heterocycles. The molecule has 6 nitrogen and oxygen atoms in total. The van der Waals surface area contributed by atoms with Crippen molar-refractivity contribution in [1.82, 2.24) is 0 Å². The Bertz CT molecular complexity index is 1010. The van der Waals surface area contributed by atoms with E-state index in [1.165, 1.54) is 244 Å². The largest absolute Gasteiger partial charge is 0.462 e. The molecule has 0 aromatic rings. The average Bonchev–Trinajstić information content (AvgIpc) is 3.31. The highest BCUT2D eigenvalue weighted by atomic mass is 16.6. The second kappa shape index (κ2) is 55.3. The summed E-state index contributed by atoms with van der Waals surface area (Å²) >= 11 is 0. The first-order valence-corrected chi connectivity index (χ1v) is 30.4. The third-order valence-electron chi connectivity index (χ3n) is 14.0. The molecule has 0 aromatic heterocycles. The normalized spacial score (nSPS) is 12.0. The zero-order valence-electron chi connectivity index (χ0n) is 45.9. The van der Waals surface area contributed by atoms with Crippen molar-refractivity contribution < 1.29 is 28.6 Å². The first kappa shape index (κ1) is 65.4. The topological polar surface area (TPSA) is 78.9 Å². The van der Waals surface area contributed by atoms with E-state index in [4.69, 9.17) is 14.2 Å². The van der Waals surface area contributed by atoms with E-state index < -0.39 is 6.10 Å². The van der Waals surface area contributed by atoms with Crippen LogP contribution >= 0.6 is 0 Å². The number of rotatable bonds is 56. The van der Waals surface area contributed by atoms with Crippen molar-refractivity contribution in [3.63, 3.8) is 0 Å². The molecule has 0 spiro atoms. The van der Waals surface area contributed by atoms with Crippen molar-refractivity contribution in [3.8, 4) is 0 Å². The van der Waals surface area contributed by atoms with Crippen LogP contribution < -0.4 is 0 Å². The van der Waals surface area contributed by atoms with Crippen LogP contribution in [-0.4, -0.2) is 37.2 Å². The maximum Gasteiger partial charge on any atom is 0.306 e. The van der Waals surface area contributed by atoms with E-state index in [2.05, 4.69) is 27.7 Å². The molecular formula is C61H118O6. The molecule has 0 bridgehead atoms. The molecular weight excluding hydrogens is 829 g/mol. The number of carbonyl (C=O) groups is 3. The molecule has 0 radical (unpaired) electrons. The highest BCUT2D eigenvalue weighted by molar-refractivity contribution is 5.71. The first-order valence-electron chi connectivity index (χ1n) is 30.4. The molecule has 0 aliphatic rings. The summed E-state index contributed by atoms with van der Waals surface area (Å²) < 4.78 is 16.9. The smallest absolute Gasteiger partial charge is 0.306 e. The molecule has 0 saturated carbocycles. The highest BCUT2D eigenvalue weighted by Crippen LogP contribution is 2.18. The van der Waals surface area contributed by atoms with Crippen LogP contribution in [0, 0.1) is 5.92 Å². The van der Waals surface area contributed by atoms with E-state index in [0.717, 1.165) is 63.7 Å². The molecule has 0 N–H and O–H groups in total. The van der Waals surface area contributed by atoms with Gasteiger partial charge < -0.3 is 14.2 Å². The molecule has 67 heavy (non-hydrogen) atoms. The van der Waals surface area contributed by atoms with Gasteiger partial charge >= 0.3 is 17.9 Å². The fourth-order valence-electron chi connectivity index (χ4n) is 9.46. The second-order valence-electron chi connectivity index (χ2n) is 21.5. The number of hydrogen-bond donors (Lipinski definition) is 0. The van der Waals surface area contributed by atoms with Gasteiger partial charge in [0.25, 0.3) is 0 Å². The van der Waals surface area contributed by atoms with Gasteiger partial charge in [0.15, 0.2) is 6.10 Å². The summed E-state index contributed by atoms with van der Waals surface area (Å²) in [6.45, 7) is 9.08. The van der Waals surface area contributed by atoms with Gasteiger partial charge in [0, 0.05) is 19.3 Å². The third-order valence-corrected chi connectivity index (χ3v) is 14.0. The number of ether oxygens (including phenoxy) is 3. The molecule has 398 valence electrons. The predicted molar refractivity (Wildman–Crippen MR) is 289 cm³/mol. The van der Waals surface area contributed by atoms with Crippen molar-refractivity contribution in [2.75, 3.05) is 13.2 Å². The Morgan fingerprint density at radius 1 is 0.284 bits per heavy atom. The van der Waals surface area contributed by atoms with Gasteiger partial charge in [-0.3, -0.25) is 14.4 Å². The summed E-state index contributed by atoms with van der Waals surface area (Å²) in [5.41, 5.74) is 0. The van der Waals surface area contributed by atoms with Crippen LogP contribution in [0.25, 0.3) is 0 Å². The van der Waals surface area contributed by atoms with Gasteiger partial charge in [-0.05, 0) is 25.2 Å². The Labute approximate surface area is 418 Å². The Hall–Kier alpha value is -1.59.